The third-order valence-corrected chi connectivity index (χ3v) is 8.65. The quantitative estimate of drug-likeness (QED) is 0.191. The minimum absolute atomic E-state index is 1.11. The lowest BCUT2D eigenvalue weighted by atomic mass is 9.89. The van der Waals surface area contributed by atoms with E-state index >= 15 is 0 Å². The zero-order valence-electron chi connectivity index (χ0n) is 24.8. The van der Waals surface area contributed by atoms with E-state index in [0.29, 0.717) is 0 Å². The number of benzene rings is 8. The van der Waals surface area contributed by atoms with Crippen molar-refractivity contribution >= 4 is 38.6 Å². The van der Waals surface area contributed by atoms with Crippen LogP contribution in [0.15, 0.2) is 188 Å². The molecule has 0 saturated carbocycles. The molecule has 0 unspecified atom stereocenters. The van der Waals surface area contributed by atoms with E-state index in [1.165, 1.54) is 54.9 Å². The molecule has 45 heavy (non-hydrogen) atoms. The Hall–Kier alpha value is -5.92. The van der Waals surface area contributed by atoms with E-state index in [9.17, 15) is 0 Å². The summed E-state index contributed by atoms with van der Waals surface area (Å²) < 4.78 is 0. The van der Waals surface area contributed by atoms with Crippen LogP contribution in [0.1, 0.15) is 0 Å². The van der Waals surface area contributed by atoms with Gasteiger partial charge in [-0.15, -0.1) is 0 Å². The highest BCUT2D eigenvalue weighted by Gasteiger charge is 2.17. The first-order valence-electron chi connectivity index (χ1n) is 15.4. The van der Waals surface area contributed by atoms with Crippen LogP contribution in [-0.2, 0) is 0 Å². The number of hydrogen-bond acceptors (Lipinski definition) is 1. The Kier molecular flexibility index (Phi) is 6.90. The standard InChI is InChI=1S/C44H31N/c1-3-13-32(14-4-1)37-20-11-21-39(31-37)45(43-24-12-19-33-17-7-9-22-40(33)43)38-28-25-36(26-29-38)44-41-23-10-8-18-35(41)27-30-42(44)34-15-5-2-6-16-34/h1-31H. The summed E-state index contributed by atoms with van der Waals surface area (Å²) in [5.41, 5.74) is 10.7. The molecule has 0 radical (unpaired) electrons. The molecule has 0 aliphatic heterocycles. The molecule has 1 nitrogen and oxygen atoms in total. The Balaban J connectivity index is 1.31. The van der Waals surface area contributed by atoms with Gasteiger partial charge in [0.2, 0.25) is 0 Å². The van der Waals surface area contributed by atoms with E-state index in [1.54, 1.807) is 0 Å². The topological polar surface area (TPSA) is 3.24 Å². The molecule has 0 bridgehead atoms. The summed E-state index contributed by atoms with van der Waals surface area (Å²) >= 11 is 0. The molecule has 0 aliphatic rings. The van der Waals surface area contributed by atoms with Crippen LogP contribution in [-0.4, -0.2) is 0 Å². The predicted octanol–water partition coefficient (Wildman–Crippen LogP) is 12.5. The van der Waals surface area contributed by atoms with Crippen LogP contribution in [0.3, 0.4) is 0 Å². The van der Waals surface area contributed by atoms with E-state index in [0.717, 1.165) is 17.1 Å². The van der Waals surface area contributed by atoms with Gasteiger partial charge >= 0.3 is 0 Å². The van der Waals surface area contributed by atoms with Gasteiger partial charge in [-0.25, -0.2) is 0 Å². The van der Waals surface area contributed by atoms with E-state index in [1.807, 2.05) is 0 Å². The molecular formula is C44H31N. The van der Waals surface area contributed by atoms with Gasteiger partial charge in [-0.3, -0.25) is 0 Å². The number of nitrogens with zero attached hydrogens (tertiary/aromatic N) is 1. The van der Waals surface area contributed by atoms with E-state index in [4.69, 9.17) is 0 Å². The molecule has 212 valence electrons. The van der Waals surface area contributed by atoms with E-state index in [2.05, 4.69) is 193 Å². The molecule has 0 atom stereocenters. The van der Waals surface area contributed by atoms with Gasteiger partial charge in [-0.2, -0.15) is 0 Å². The Morgan fingerprint density at radius 2 is 0.889 bits per heavy atom. The molecule has 0 heterocycles. The maximum Gasteiger partial charge on any atom is 0.0540 e. The second-order valence-electron chi connectivity index (χ2n) is 11.4. The molecule has 0 amide bonds. The van der Waals surface area contributed by atoms with Crippen LogP contribution in [0.4, 0.5) is 17.1 Å². The number of fused-ring (bicyclic) bond motifs is 2. The highest BCUT2D eigenvalue weighted by molar-refractivity contribution is 6.05. The fraction of sp³-hybridized carbons (Fsp3) is 0. The zero-order chi connectivity index (χ0) is 30.0. The second kappa shape index (κ2) is 11.6. The van der Waals surface area contributed by atoms with Crippen molar-refractivity contribution in [2.75, 3.05) is 4.90 Å². The highest BCUT2D eigenvalue weighted by Crippen LogP contribution is 2.43. The lowest BCUT2D eigenvalue weighted by Gasteiger charge is -2.27. The van der Waals surface area contributed by atoms with Crippen molar-refractivity contribution in [3.05, 3.63) is 188 Å². The van der Waals surface area contributed by atoms with Crippen molar-refractivity contribution in [2.45, 2.75) is 0 Å². The molecule has 0 spiro atoms. The van der Waals surface area contributed by atoms with Gasteiger partial charge < -0.3 is 4.90 Å². The van der Waals surface area contributed by atoms with Crippen LogP contribution in [0.2, 0.25) is 0 Å². The first kappa shape index (κ1) is 26.7. The lowest BCUT2D eigenvalue weighted by Crippen LogP contribution is -2.10. The minimum Gasteiger partial charge on any atom is -0.310 e. The van der Waals surface area contributed by atoms with Crippen LogP contribution >= 0.6 is 0 Å². The summed E-state index contributed by atoms with van der Waals surface area (Å²) in [7, 11) is 0. The van der Waals surface area contributed by atoms with Crippen molar-refractivity contribution in [1.29, 1.82) is 0 Å². The molecular weight excluding hydrogens is 542 g/mol. The van der Waals surface area contributed by atoms with E-state index < -0.39 is 0 Å². The summed E-state index contributed by atoms with van der Waals surface area (Å²) in [6, 6.07) is 67.6. The molecule has 0 N–H and O–H groups in total. The van der Waals surface area contributed by atoms with Gasteiger partial charge in [0.25, 0.3) is 0 Å². The Morgan fingerprint density at radius 1 is 0.311 bits per heavy atom. The summed E-state index contributed by atoms with van der Waals surface area (Å²) in [4.78, 5) is 2.39. The van der Waals surface area contributed by atoms with Crippen molar-refractivity contribution in [3.8, 4) is 33.4 Å². The van der Waals surface area contributed by atoms with Gasteiger partial charge in [0, 0.05) is 16.8 Å². The molecule has 0 aliphatic carbocycles. The van der Waals surface area contributed by atoms with Gasteiger partial charge in [0.05, 0.1) is 5.69 Å². The first-order valence-corrected chi connectivity index (χ1v) is 15.4. The van der Waals surface area contributed by atoms with Crippen molar-refractivity contribution < 1.29 is 0 Å². The van der Waals surface area contributed by atoms with Crippen LogP contribution in [0.25, 0.3) is 54.9 Å². The SMILES string of the molecule is c1ccc(-c2cccc(N(c3ccc(-c4c(-c5ccccc5)ccc5ccccc45)cc3)c3cccc4ccccc34)c2)cc1. The molecule has 0 saturated heterocycles. The molecule has 8 rings (SSSR count). The fourth-order valence-corrected chi connectivity index (χ4v) is 6.50. The average molecular weight is 574 g/mol. The van der Waals surface area contributed by atoms with Crippen molar-refractivity contribution in [1.82, 2.24) is 0 Å². The average Bonchev–Trinajstić information content (AvgIpc) is 3.12. The summed E-state index contributed by atoms with van der Waals surface area (Å²) in [5.74, 6) is 0. The van der Waals surface area contributed by atoms with E-state index in [-0.39, 0.29) is 0 Å². The second-order valence-corrected chi connectivity index (χ2v) is 11.4. The molecule has 0 aromatic heterocycles. The van der Waals surface area contributed by atoms with Crippen LogP contribution < -0.4 is 4.90 Å². The highest BCUT2D eigenvalue weighted by atomic mass is 15.1. The Morgan fingerprint density at radius 3 is 1.64 bits per heavy atom. The summed E-state index contributed by atoms with van der Waals surface area (Å²) in [6.45, 7) is 0. The Bertz CT molecular complexity index is 2250. The summed E-state index contributed by atoms with van der Waals surface area (Å²) in [5, 5.41) is 4.94. The van der Waals surface area contributed by atoms with Crippen LogP contribution in [0.5, 0.6) is 0 Å². The first-order chi connectivity index (χ1) is 22.3. The summed E-state index contributed by atoms with van der Waals surface area (Å²) in [6.07, 6.45) is 0. The van der Waals surface area contributed by atoms with Gasteiger partial charge in [-0.1, -0.05) is 158 Å². The maximum atomic E-state index is 2.39. The van der Waals surface area contributed by atoms with Gasteiger partial charge in [0.1, 0.15) is 0 Å². The minimum atomic E-state index is 1.11. The smallest absolute Gasteiger partial charge is 0.0540 e. The number of hydrogen-bond donors (Lipinski definition) is 0. The Labute approximate surface area is 264 Å². The van der Waals surface area contributed by atoms with Crippen molar-refractivity contribution in [2.24, 2.45) is 0 Å². The molecule has 8 aromatic carbocycles. The number of rotatable bonds is 6. The van der Waals surface area contributed by atoms with Gasteiger partial charge in [-0.05, 0) is 79.9 Å². The predicted molar refractivity (Wildman–Crippen MR) is 192 cm³/mol. The third-order valence-electron chi connectivity index (χ3n) is 8.65. The van der Waals surface area contributed by atoms with Gasteiger partial charge in [0.15, 0.2) is 0 Å². The maximum absolute atomic E-state index is 2.39. The molecule has 0 fully saturated rings. The lowest BCUT2D eigenvalue weighted by molar-refractivity contribution is 1.30. The van der Waals surface area contributed by atoms with Crippen molar-refractivity contribution in [3.63, 3.8) is 0 Å². The third kappa shape index (κ3) is 5.05. The molecule has 8 aromatic rings. The largest absolute Gasteiger partial charge is 0.310 e. The normalized spacial score (nSPS) is 11.1. The van der Waals surface area contributed by atoms with Crippen LogP contribution in [0, 0.1) is 0 Å². The zero-order valence-corrected chi connectivity index (χ0v) is 24.8. The number of anilines is 3. The fourth-order valence-electron chi connectivity index (χ4n) is 6.50. The molecule has 1 heteroatoms. The monoisotopic (exact) mass is 573 g/mol.